The summed E-state index contributed by atoms with van der Waals surface area (Å²) in [5.74, 6) is 0.373. The van der Waals surface area contributed by atoms with Crippen molar-refractivity contribution < 1.29 is 9.53 Å². The Hall–Kier alpha value is -1.58. The highest BCUT2D eigenvalue weighted by Crippen LogP contribution is 2.01. The van der Waals surface area contributed by atoms with Gasteiger partial charge in [-0.05, 0) is 18.6 Å². The van der Waals surface area contributed by atoms with Crippen molar-refractivity contribution in [3.8, 4) is 0 Å². The predicted octanol–water partition coefficient (Wildman–Crippen LogP) is 1.15. The van der Waals surface area contributed by atoms with Gasteiger partial charge in [0.2, 0.25) is 0 Å². The maximum absolute atomic E-state index is 9.59. The van der Waals surface area contributed by atoms with Crippen LogP contribution in [0.25, 0.3) is 0 Å². The van der Waals surface area contributed by atoms with Gasteiger partial charge >= 0.3 is 5.97 Å². The number of anilines is 1. The van der Waals surface area contributed by atoms with E-state index in [2.05, 4.69) is 9.72 Å². The number of rotatable bonds is 0. The summed E-state index contributed by atoms with van der Waals surface area (Å²) in [4.78, 5) is 13.4. The van der Waals surface area contributed by atoms with Gasteiger partial charge in [0.05, 0.1) is 7.11 Å². The molecule has 0 bridgehead atoms. The molecule has 0 aliphatic heterocycles. The van der Waals surface area contributed by atoms with E-state index in [9.17, 15) is 4.79 Å². The summed E-state index contributed by atoms with van der Waals surface area (Å²) in [7, 11) is 1.35. The molecule has 0 aliphatic rings. The van der Waals surface area contributed by atoms with Gasteiger partial charge in [0.1, 0.15) is 5.82 Å². The van der Waals surface area contributed by atoms with Crippen LogP contribution >= 0.6 is 0 Å². The number of nitrogens with two attached hydrogens (primary N) is 1. The summed E-state index contributed by atoms with van der Waals surface area (Å²) in [6.45, 7) is 3.29. The van der Waals surface area contributed by atoms with Gasteiger partial charge in [-0.15, -0.1) is 0 Å². The Morgan fingerprint density at radius 2 is 2.15 bits per heavy atom. The van der Waals surface area contributed by atoms with Crippen LogP contribution in [-0.2, 0) is 9.53 Å². The summed E-state index contributed by atoms with van der Waals surface area (Å²) in [6, 6.07) is 3.80. The molecule has 1 aromatic heterocycles. The molecule has 0 aliphatic carbocycles. The van der Waals surface area contributed by atoms with Gasteiger partial charge in [0, 0.05) is 13.1 Å². The summed E-state index contributed by atoms with van der Waals surface area (Å²) < 4.78 is 4.11. The number of hydrogen-bond donors (Lipinski definition) is 1. The molecule has 0 unspecified atom stereocenters. The fourth-order valence-electron chi connectivity index (χ4n) is 0.498. The number of hydrogen-bond acceptors (Lipinski definition) is 4. The van der Waals surface area contributed by atoms with E-state index in [1.54, 1.807) is 6.20 Å². The van der Waals surface area contributed by atoms with Crippen molar-refractivity contribution in [3.05, 3.63) is 23.9 Å². The molecule has 1 rings (SSSR count). The van der Waals surface area contributed by atoms with Gasteiger partial charge in [0.15, 0.2) is 0 Å². The molecule has 13 heavy (non-hydrogen) atoms. The van der Waals surface area contributed by atoms with E-state index < -0.39 is 0 Å². The molecule has 0 radical (unpaired) electrons. The highest BCUT2D eigenvalue weighted by Gasteiger charge is 1.86. The number of carbonyl (C=O) groups is 1. The van der Waals surface area contributed by atoms with E-state index in [0.717, 1.165) is 5.56 Å². The van der Waals surface area contributed by atoms with Gasteiger partial charge in [-0.3, -0.25) is 4.79 Å². The maximum Gasteiger partial charge on any atom is 0.302 e. The fourth-order valence-corrected chi connectivity index (χ4v) is 0.498. The van der Waals surface area contributed by atoms with Crippen molar-refractivity contribution in [2.75, 3.05) is 12.8 Å². The Morgan fingerprint density at radius 3 is 2.38 bits per heavy atom. The van der Waals surface area contributed by atoms with Crippen molar-refractivity contribution in [2.45, 2.75) is 13.8 Å². The molecule has 1 aromatic rings. The molecular weight excluding hydrogens is 168 g/mol. The van der Waals surface area contributed by atoms with E-state index in [4.69, 9.17) is 5.73 Å². The lowest BCUT2D eigenvalue weighted by atomic mass is 10.3. The number of nitrogens with zero attached hydrogens (tertiary/aromatic N) is 1. The van der Waals surface area contributed by atoms with Gasteiger partial charge in [-0.1, -0.05) is 6.07 Å². The van der Waals surface area contributed by atoms with Crippen LogP contribution in [0, 0.1) is 6.92 Å². The minimum absolute atomic E-state index is 0.245. The number of pyridine rings is 1. The summed E-state index contributed by atoms with van der Waals surface area (Å²) >= 11 is 0. The lowest BCUT2D eigenvalue weighted by Crippen LogP contribution is -1.90. The molecule has 0 fully saturated rings. The van der Waals surface area contributed by atoms with Crippen LogP contribution in [0.4, 0.5) is 5.82 Å². The molecule has 0 saturated carbocycles. The lowest BCUT2D eigenvalue weighted by molar-refractivity contribution is -0.137. The van der Waals surface area contributed by atoms with Crippen LogP contribution in [0.1, 0.15) is 12.5 Å². The number of nitrogen functional groups attached to an aromatic ring is 1. The van der Waals surface area contributed by atoms with Crippen molar-refractivity contribution in [1.82, 2.24) is 4.98 Å². The third kappa shape index (κ3) is 5.66. The Kier molecular flexibility index (Phi) is 5.27. The second kappa shape index (κ2) is 5.99. The quantitative estimate of drug-likeness (QED) is 0.611. The van der Waals surface area contributed by atoms with E-state index in [-0.39, 0.29) is 5.97 Å². The second-order valence-corrected chi connectivity index (χ2v) is 2.40. The Bertz CT molecular complexity index is 253. The topological polar surface area (TPSA) is 65.2 Å². The smallest absolute Gasteiger partial charge is 0.302 e. The van der Waals surface area contributed by atoms with Crippen LogP contribution in [0.15, 0.2) is 18.3 Å². The number of methoxy groups -OCH3 is 1. The van der Waals surface area contributed by atoms with Crippen LogP contribution in [0.5, 0.6) is 0 Å². The molecule has 0 amide bonds. The van der Waals surface area contributed by atoms with Gasteiger partial charge < -0.3 is 10.5 Å². The molecule has 4 heteroatoms. The molecule has 4 nitrogen and oxygen atoms in total. The molecule has 72 valence electrons. The third-order valence-corrected chi connectivity index (χ3v) is 1.34. The first-order valence-electron chi connectivity index (χ1n) is 3.79. The SMILES string of the molecule is COC(C)=O.Cc1cccnc1N. The van der Waals surface area contributed by atoms with E-state index in [0.29, 0.717) is 5.82 Å². The van der Waals surface area contributed by atoms with Crippen molar-refractivity contribution >= 4 is 11.8 Å². The highest BCUT2D eigenvalue weighted by atomic mass is 16.5. The zero-order valence-corrected chi connectivity index (χ0v) is 8.07. The first kappa shape index (κ1) is 11.4. The number of esters is 1. The minimum atomic E-state index is -0.245. The van der Waals surface area contributed by atoms with E-state index >= 15 is 0 Å². The zero-order valence-electron chi connectivity index (χ0n) is 8.07. The summed E-state index contributed by atoms with van der Waals surface area (Å²) in [5.41, 5.74) is 6.44. The predicted molar refractivity (Wildman–Crippen MR) is 51.1 cm³/mol. The Labute approximate surface area is 77.7 Å². The van der Waals surface area contributed by atoms with Crippen LogP contribution in [0.3, 0.4) is 0 Å². The molecular formula is C9H14N2O2. The Balaban J connectivity index is 0.000000252. The van der Waals surface area contributed by atoms with E-state index in [1.807, 2.05) is 19.1 Å². The first-order valence-corrected chi connectivity index (χ1v) is 3.79. The minimum Gasteiger partial charge on any atom is -0.469 e. The Morgan fingerprint density at radius 1 is 1.62 bits per heavy atom. The van der Waals surface area contributed by atoms with Gasteiger partial charge in [-0.25, -0.2) is 4.98 Å². The van der Waals surface area contributed by atoms with Gasteiger partial charge in [0.25, 0.3) is 0 Å². The largest absolute Gasteiger partial charge is 0.469 e. The van der Waals surface area contributed by atoms with Crippen LogP contribution in [0.2, 0.25) is 0 Å². The molecule has 0 atom stereocenters. The molecule has 1 heterocycles. The molecule has 0 saturated heterocycles. The fraction of sp³-hybridized carbons (Fsp3) is 0.333. The number of carbonyl (C=O) groups excluding carboxylic acids is 1. The van der Waals surface area contributed by atoms with E-state index in [1.165, 1.54) is 14.0 Å². The normalized spacial score (nSPS) is 8.23. The molecule has 2 N–H and O–H groups in total. The highest BCUT2D eigenvalue weighted by molar-refractivity contribution is 5.65. The van der Waals surface area contributed by atoms with Crippen molar-refractivity contribution in [1.29, 1.82) is 0 Å². The van der Waals surface area contributed by atoms with Gasteiger partial charge in [-0.2, -0.15) is 0 Å². The summed E-state index contributed by atoms with van der Waals surface area (Å²) in [5, 5.41) is 0. The van der Waals surface area contributed by atoms with Crippen LogP contribution in [-0.4, -0.2) is 18.1 Å². The maximum atomic E-state index is 9.59. The first-order chi connectivity index (χ1) is 6.07. The number of aromatic nitrogens is 1. The number of ether oxygens (including phenoxy) is 1. The lowest BCUT2D eigenvalue weighted by Gasteiger charge is -1.92. The zero-order chi connectivity index (χ0) is 10.3. The third-order valence-electron chi connectivity index (χ3n) is 1.34. The molecule has 0 aromatic carbocycles. The average molecular weight is 182 g/mol. The monoisotopic (exact) mass is 182 g/mol. The standard InChI is InChI=1S/C6H8N2.C3H6O2/c1-5-3-2-4-8-6(5)7;1-3(4)5-2/h2-4H,1H3,(H2,7,8);1-2H3. The number of aryl methyl sites for hydroxylation is 1. The van der Waals surface area contributed by atoms with Crippen LogP contribution < -0.4 is 5.73 Å². The summed E-state index contributed by atoms with van der Waals surface area (Å²) in [6.07, 6.45) is 1.68. The van der Waals surface area contributed by atoms with Crippen molar-refractivity contribution in [3.63, 3.8) is 0 Å². The van der Waals surface area contributed by atoms with Crippen molar-refractivity contribution in [2.24, 2.45) is 0 Å². The molecule has 0 spiro atoms. The average Bonchev–Trinajstić information content (AvgIpc) is 2.11. The second-order valence-electron chi connectivity index (χ2n) is 2.40.